The topological polar surface area (TPSA) is 29.5 Å². The molecule has 0 spiro atoms. The quantitative estimate of drug-likeness (QED) is 0.855. The Balaban J connectivity index is 1.47. The van der Waals surface area contributed by atoms with Gasteiger partial charge in [0, 0.05) is 19.7 Å². The first-order chi connectivity index (χ1) is 10.3. The van der Waals surface area contributed by atoms with E-state index in [1.165, 1.54) is 5.56 Å². The lowest BCUT2D eigenvalue weighted by molar-refractivity contribution is -0.141. The number of nitrogens with zero attached hydrogens (tertiary/aromatic N) is 1. The molecule has 0 aliphatic carbocycles. The number of hydrogen-bond donors (Lipinski definition) is 0. The molecule has 0 radical (unpaired) electrons. The van der Waals surface area contributed by atoms with E-state index in [-0.39, 0.29) is 5.92 Å². The molecule has 3 rings (SSSR count). The van der Waals surface area contributed by atoms with Gasteiger partial charge in [-0.2, -0.15) is 0 Å². The monoisotopic (exact) mass is 287 g/mol. The van der Waals surface area contributed by atoms with Crippen LogP contribution in [-0.2, 0) is 16.0 Å². The molecule has 1 amide bonds. The zero-order valence-electron chi connectivity index (χ0n) is 12.7. The van der Waals surface area contributed by atoms with Crippen LogP contribution in [-0.4, -0.2) is 37.1 Å². The van der Waals surface area contributed by atoms with Crippen LogP contribution in [0.3, 0.4) is 0 Å². The van der Waals surface area contributed by atoms with Crippen molar-refractivity contribution in [2.45, 2.75) is 32.1 Å². The van der Waals surface area contributed by atoms with E-state index in [2.05, 4.69) is 35.2 Å². The van der Waals surface area contributed by atoms with E-state index >= 15 is 0 Å². The summed E-state index contributed by atoms with van der Waals surface area (Å²) >= 11 is 0. The minimum absolute atomic E-state index is 0.115. The fourth-order valence-corrected chi connectivity index (χ4v) is 3.50. The molecule has 114 valence electrons. The zero-order chi connectivity index (χ0) is 14.5. The Bertz CT molecular complexity index is 446. The smallest absolute Gasteiger partial charge is 0.228 e. The van der Waals surface area contributed by atoms with Gasteiger partial charge >= 0.3 is 0 Å². The maximum atomic E-state index is 12.5. The summed E-state index contributed by atoms with van der Waals surface area (Å²) in [6.45, 7) is 3.30. The molecule has 0 bridgehead atoms. The van der Waals surface area contributed by atoms with Crippen LogP contribution in [0.1, 0.15) is 31.2 Å². The van der Waals surface area contributed by atoms with E-state index in [1.807, 2.05) is 0 Å². The predicted molar refractivity (Wildman–Crippen MR) is 83.0 cm³/mol. The number of hydrogen-bond acceptors (Lipinski definition) is 2. The third-order valence-electron chi connectivity index (χ3n) is 4.80. The normalized spacial score (nSPS) is 24.0. The Morgan fingerprint density at radius 1 is 1.14 bits per heavy atom. The molecule has 1 aromatic rings. The number of amides is 1. The summed E-state index contributed by atoms with van der Waals surface area (Å²) < 4.78 is 5.45. The van der Waals surface area contributed by atoms with Gasteiger partial charge in [-0.1, -0.05) is 30.3 Å². The number of carbonyl (C=O) groups is 1. The van der Waals surface area contributed by atoms with E-state index in [4.69, 9.17) is 4.74 Å². The fraction of sp³-hybridized carbons (Fsp3) is 0.611. The molecule has 2 saturated heterocycles. The lowest BCUT2D eigenvalue weighted by Crippen LogP contribution is -2.44. The fourth-order valence-electron chi connectivity index (χ4n) is 3.50. The van der Waals surface area contributed by atoms with Crippen molar-refractivity contribution in [2.75, 3.05) is 26.3 Å². The molecule has 2 heterocycles. The highest BCUT2D eigenvalue weighted by Crippen LogP contribution is 2.24. The molecule has 0 saturated carbocycles. The highest BCUT2D eigenvalue weighted by Gasteiger charge is 2.29. The van der Waals surface area contributed by atoms with Gasteiger partial charge in [-0.15, -0.1) is 0 Å². The molecular formula is C18H25NO2. The Labute approximate surface area is 127 Å². The molecule has 1 aromatic carbocycles. The maximum absolute atomic E-state index is 12.5. The van der Waals surface area contributed by atoms with Crippen LogP contribution in [0.4, 0.5) is 0 Å². The first-order valence-corrected chi connectivity index (χ1v) is 8.23. The van der Waals surface area contributed by atoms with Gasteiger partial charge in [0.1, 0.15) is 0 Å². The van der Waals surface area contributed by atoms with Crippen molar-refractivity contribution < 1.29 is 9.53 Å². The second kappa shape index (κ2) is 7.08. The second-order valence-electron chi connectivity index (χ2n) is 6.37. The molecule has 0 aromatic heterocycles. The molecule has 1 atom stereocenters. The largest absolute Gasteiger partial charge is 0.381 e. The maximum Gasteiger partial charge on any atom is 0.228 e. The van der Waals surface area contributed by atoms with Gasteiger partial charge in [0.05, 0.1) is 12.5 Å². The second-order valence-corrected chi connectivity index (χ2v) is 6.37. The lowest BCUT2D eigenvalue weighted by Gasteiger charge is -2.35. The Hall–Kier alpha value is -1.35. The standard InChI is InChI=1S/C18H25NO2/c20-18(17-7-4-12-21-14-17)19-10-8-16(9-11-19)13-15-5-2-1-3-6-15/h1-3,5-6,16-17H,4,7-14H2. The third-order valence-corrected chi connectivity index (χ3v) is 4.80. The Kier molecular flexibility index (Phi) is 4.91. The van der Waals surface area contributed by atoms with Crippen LogP contribution in [0.25, 0.3) is 0 Å². The molecule has 2 fully saturated rings. The molecular weight excluding hydrogens is 262 g/mol. The van der Waals surface area contributed by atoms with E-state index in [0.29, 0.717) is 12.5 Å². The number of ether oxygens (including phenoxy) is 1. The average molecular weight is 287 g/mol. The summed E-state index contributed by atoms with van der Waals surface area (Å²) in [6.07, 6.45) is 5.45. The Morgan fingerprint density at radius 2 is 1.90 bits per heavy atom. The summed E-state index contributed by atoms with van der Waals surface area (Å²) in [6, 6.07) is 10.7. The van der Waals surface area contributed by atoms with E-state index in [0.717, 1.165) is 57.7 Å². The lowest BCUT2D eigenvalue weighted by atomic mass is 9.89. The first kappa shape index (κ1) is 14.6. The molecule has 21 heavy (non-hydrogen) atoms. The number of likely N-dealkylation sites (tertiary alicyclic amines) is 1. The van der Waals surface area contributed by atoms with Crippen molar-refractivity contribution in [3.05, 3.63) is 35.9 Å². The van der Waals surface area contributed by atoms with Crippen LogP contribution >= 0.6 is 0 Å². The predicted octanol–water partition coefficient (Wildman–Crippen LogP) is 2.89. The van der Waals surface area contributed by atoms with Gasteiger partial charge < -0.3 is 9.64 Å². The van der Waals surface area contributed by atoms with Crippen LogP contribution in [0, 0.1) is 11.8 Å². The molecule has 0 N–H and O–H groups in total. The van der Waals surface area contributed by atoms with Crippen LogP contribution in [0.2, 0.25) is 0 Å². The van der Waals surface area contributed by atoms with Crippen molar-refractivity contribution in [2.24, 2.45) is 11.8 Å². The average Bonchev–Trinajstić information content (AvgIpc) is 2.57. The summed E-state index contributed by atoms with van der Waals surface area (Å²) in [5.41, 5.74) is 1.42. The van der Waals surface area contributed by atoms with E-state index in [1.54, 1.807) is 0 Å². The van der Waals surface area contributed by atoms with Crippen molar-refractivity contribution in [1.29, 1.82) is 0 Å². The molecule has 2 aliphatic heterocycles. The van der Waals surface area contributed by atoms with Crippen LogP contribution in [0.5, 0.6) is 0 Å². The molecule has 2 aliphatic rings. The van der Waals surface area contributed by atoms with Crippen LogP contribution < -0.4 is 0 Å². The highest BCUT2D eigenvalue weighted by atomic mass is 16.5. The SMILES string of the molecule is O=C(C1CCCOC1)N1CCC(Cc2ccccc2)CC1. The number of rotatable bonds is 3. The summed E-state index contributed by atoms with van der Waals surface area (Å²) in [5.74, 6) is 1.16. The summed E-state index contributed by atoms with van der Waals surface area (Å²) in [5, 5.41) is 0. The summed E-state index contributed by atoms with van der Waals surface area (Å²) in [4.78, 5) is 14.5. The zero-order valence-corrected chi connectivity index (χ0v) is 12.7. The van der Waals surface area contributed by atoms with Crippen LogP contribution in [0.15, 0.2) is 30.3 Å². The van der Waals surface area contributed by atoms with Crippen molar-refractivity contribution in [3.8, 4) is 0 Å². The molecule has 1 unspecified atom stereocenters. The van der Waals surface area contributed by atoms with E-state index in [9.17, 15) is 4.79 Å². The van der Waals surface area contributed by atoms with Gasteiger partial charge in [0.25, 0.3) is 0 Å². The minimum Gasteiger partial charge on any atom is -0.381 e. The van der Waals surface area contributed by atoms with Gasteiger partial charge in [-0.25, -0.2) is 0 Å². The molecule has 3 heteroatoms. The van der Waals surface area contributed by atoms with Crippen molar-refractivity contribution in [3.63, 3.8) is 0 Å². The number of carbonyl (C=O) groups excluding carboxylic acids is 1. The van der Waals surface area contributed by atoms with E-state index < -0.39 is 0 Å². The van der Waals surface area contributed by atoms with Gasteiger partial charge in [0.2, 0.25) is 5.91 Å². The highest BCUT2D eigenvalue weighted by molar-refractivity contribution is 5.79. The Morgan fingerprint density at radius 3 is 2.57 bits per heavy atom. The minimum atomic E-state index is 0.115. The van der Waals surface area contributed by atoms with Gasteiger partial charge in [0.15, 0.2) is 0 Å². The third kappa shape index (κ3) is 3.85. The van der Waals surface area contributed by atoms with Crippen molar-refractivity contribution >= 4 is 5.91 Å². The number of benzene rings is 1. The molecule has 3 nitrogen and oxygen atoms in total. The summed E-state index contributed by atoms with van der Waals surface area (Å²) in [7, 11) is 0. The first-order valence-electron chi connectivity index (χ1n) is 8.23. The van der Waals surface area contributed by atoms with Gasteiger partial charge in [-0.3, -0.25) is 4.79 Å². The van der Waals surface area contributed by atoms with Crippen molar-refractivity contribution in [1.82, 2.24) is 4.90 Å². The number of piperidine rings is 1. The van der Waals surface area contributed by atoms with Gasteiger partial charge in [-0.05, 0) is 43.6 Å².